The molecule has 0 radical (unpaired) electrons. The number of nitrogen functional groups attached to an aromatic ring is 1. The molecule has 1 heterocycles. The Hall–Kier alpha value is -1.85. The first-order valence-corrected chi connectivity index (χ1v) is 4.53. The van der Waals surface area contributed by atoms with Crippen LogP contribution in [0, 0.1) is 0 Å². The van der Waals surface area contributed by atoms with Crippen molar-refractivity contribution in [3.63, 3.8) is 0 Å². The Balaban J connectivity index is 2.98. The summed E-state index contributed by atoms with van der Waals surface area (Å²) in [7, 11) is 3.58. The van der Waals surface area contributed by atoms with Crippen molar-refractivity contribution in [1.29, 1.82) is 0 Å². The Morgan fingerprint density at radius 1 is 1.60 bits per heavy atom. The predicted octanol–water partition coefficient (Wildman–Crippen LogP) is 0.301. The third-order valence-corrected chi connectivity index (χ3v) is 1.70. The summed E-state index contributed by atoms with van der Waals surface area (Å²) in [6, 6.07) is 0. The Morgan fingerprint density at radius 2 is 2.27 bits per heavy atom. The smallest absolute Gasteiger partial charge is 0.343 e. The first-order valence-electron chi connectivity index (χ1n) is 4.53. The predicted molar refractivity (Wildman–Crippen MR) is 56.7 cm³/mol. The summed E-state index contributed by atoms with van der Waals surface area (Å²) in [6.07, 6.45) is 1.37. The van der Waals surface area contributed by atoms with E-state index in [9.17, 15) is 4.79 Å². The van der Waals surface area contributed by atoms with E-state index in [1.165, 1.54) is 6.20 Å². The second-order valence-electron chi connectivity index (χ2n) is 3.08. The normalized spacial score (nSPS) is 9.80. The van der Waals surface area contributed by atoms with E-state index >= 15 is 0 Å². The van der Waals surface area contributed by atoms with Crippen LogP contribution in [0.2, 0.25) is 0 Å². The van der Waals surface area contributed by atoms with Gasteiger partial charge < -0.3 is 15.4 Å². The maximum absolute atomic E-state index is 11.4. The molecule has 0 saturated heterocycles. The zero-order valence-corrected chi connectivity index (χ0v) is 9.02. The van der Waals surface area contributed by atoms with Crippen LogP contribution in [0.3, 0.4) is 0 Å². The van der Waals surface area contributed by atoms with Crippen molar-refractivity contribution < 1.29 is 9.53 Å². The summed E-state index contributed by atoms with van der Waals surface area (Å²) in [6.45, 7) is 2.02. The molecular weight excluding hydrogens is 196 g/mol. The van der Waals surface area contributed by atoms with Crippen molar-refractivity contribution in [2.24, 2.45) is 0 Å². The zero-order valence-electron chi connectivity index (χ0n) is 9.02. The summed E-state index contributed by atoms with van der Waals surface area (Å²) >= 11 is 0. The molecule has 0 bridgehead atoms. The number of aromatic nitrogens is 2. The fourth-order valence-corrected chi connectivity index (χ4v) is 0.967. The largest absolute Gasteiger partial charge is 0.462 e. The van der Waals surface area contributed by atoms with Gasteiger partial charge in [-0.1, -0.05) is 0 Å². The molecular formula is C9H14N4O2. The van der Waals surface area contributed by atoms with Crippen molar-refractivity contribution in [3.05, 3.63) is 11.8 Å². The van der Waals surface area contributed by atoms with Gasteiger partial charge in [-0.25, -0.2) is 9.78 Å². The molecule has 82 valence electrons. The number of carbonyl (C=O) groups is 1. The summed E-state index contributed by atoms with van der Waals surface area (Å²) in [5, 5.41) is 0. The standard InChI is InChI=1S/C9H14N4O2/c1-4-15-8(14)6-5-11-9(13(2)3)12-7(6)10/h5H,4H2,1-3H3,(H2,10,11,12). The van der Waals surface area contributed by atoms with Crippen LogP contribution in [0.25, 0.3) is 0 Å². The van der Waals surface area contributed by atoms with Crippen LogP contribution in [0.5, 0.6) is 0 Å². The number of rotatable bonds is 3. The molecule has 1 aromatic rings. The van der Waals surface area contributed by atoms with Crippen LogP contribution in [-0.4, -0.2) is 36.6 Å². The number of hydrogen-bond donors (Lipinski definition) is 1. The molecule has 0 aromatic carbocycles. The highest BCUT2D eigenvalue weighted by atomic mass is 16.5. The second-order valence-corrected chi connectivity index (χ2v) is 3.08. The van der Waals surface area contributed by atoms with Crippen molar-refractivity contribution in [3.8, 4) is 0 Å². The topological polar surface area (TPSA) is 81.3 Å². The van der Waals surface area contributed by atoms with Gasteiger partial charge in [-0.3, -0.25) is 0 Å². The van der Waals surface area contributed by atoms with E-state index in [0.717, 1.165) is 0 Å². The maximum Gasteiger partial charge on any atom is 0.343 e. The SMILES string of the molecule is CCOC(=O)c1cnc(N(C)C)nc1N. The van der Waals surface area contributed by atoms with Gasteiger partial charge in [-0.05, 0) is 6.92 Å². The highest BCUT2D eigenvalue weighted by Crippen LogP contribution is 2.12. The molecule has 0 amide bonds. The van der Waals surface area contributed by atoms with Gasteiger partial charge >= 0.3 is 5.97 Å². The van der Waals surface area contributed by atoms with Gasteiger partial charge in [0.2, 0.25) is 5.95 Å². The van der Waals surface area contributed by atoms with Crippen LogP contribution in [0.15, 0.2) is 6.20 Å². The van der Waals surface area contributed by atoms with Gasteiger partial charge in [-0.15, -0.1) is 0 Å². The fraction of sp³-hybridized carbons (Fsp3) is 0.444. The first kappa shape index (κ1) is 11.2. The summed E-state index contributed by atoms with van der Waals surface area (Å²) in [4.78, 5) is 21.0. The summed E-state index contributed by atoms with van der Waals surface area (Å²) in [5.41, 5.74) is 5.81. The number of anilines is 2. The van der Waals surface area contributed by atoms with Gasteiger partial charge in [0.15, 0.2) is 0 Å². The van der Waals surface area contributed by atoms with Gasteiger partial charge in [0.05, 0.1) is 6.61 Å². The number of nitrogens with two attached hydrogens (primary N) is 1. The molecule has 1 rings (SSSR count). The lowest BCUT2D eigenvalue weighted by molar-refractivity contribution is 0.0527. The lowest BCUT2D eigenvalue weighted by Crippen LogP contribution is -2.16. The number of hydrogen-bond acceptors (Lipinski definition) is 6. The third kappa shape index (κ3) is 2.55. The molecule has 6 nitrogen and oxygen atoms in total. The van der Waals surface area contributed by atoms with E-state index in [1.807, 2.05) is 0 Å². The molecule has 0 fully saturated rings. The van der Waals surface area contributed by atoms with E-state index in [0.29, 0.717) is 12.6 Å². The molecule has 2 N–H and O–H groups in total. The van der Waals surface area contributed by atoms with Gasteiger partial charge in [0.25, 0.3) is 0 Å². The molecule has 0 aliphatic rings. The van der Waals surface area contributed by atoms with Crippen molar-refractivity contribution in [2.75, 3.05) is 31.3 Å². The molecule has 6 heteroatoms. The Kier molecular flexibility index (Phi) is 3.43. The van der Waals surface area contributed by atoms with E-state index in [-0.39, 0.29) is 11.4 Å². The minimum atomic E-state index is -0.500. The van der Waals surface area contributed by atoms with Crippen LogP contribution in [-0.2, 0) is 4.74 Å². The molecule has 0 aliphatic carbocycles. The van der Waals surface area contributed by atoms with E-state index in [4.69, 9.17) is 10.5 Å². The Labute approximate surface area is 88.1 Å². The van der Waals surface area contributed by atoms with Crippen molar-refractivity contribution in [2.45, 2.75) is 6.92 Å². The van der Waals surface area contributed by atoms with Crippen LogP contribution in [0.1, 0.15) is 17.3 Å². The molecule has 1 aromatic heterocycles. The highest BCUT2D eigenvalue weighted by Gasteiger charge is 2.13. The van der Waals surface area contributed by atoms with E-state index in [1.54, 1.807) is 25.9 Å². The molecule has 0 spiro atoms. The zero-order chi connectivity index (χ0) is 11.4. The quantitative estimate of drug-likeness (QED) is 0.723. The summed E-state index contributed by atoms with van der Waals surface area (Å²) < 4.78 is 4.80. The summed E-state index contributed by atoms with van der Waals surface area (Å²) in [5.74, 6) is 0.0907. The number of ether oxygens (including phenoxy) is 1. The molecule has 0 atom stereocenters. The molecule has 0 unspecified atom stereocenters. The van der Waals surface area contributed by atoms with Crippen LogP contribution >= 0.6 is 0 Å². The highest BCUT2D eigenvalue weighted by molar-refractivity contribution is 5.93. The van der Waals surface area contributed by atoms with Crippen LogP contribution < -0.4 is 10.6 Å². The van der Waals surface area contributed by atoms with E-state index in [2.05, 4.69) is 9.97 Å². The third-order valence-electron chi connectivity index (χ3n) is 1.70. The first-order chi connectivity index (χ1) is 7.06. The van der Waals surface area contributed by atoms with E-state index < -0.39 is 5.97 Å². The molecule has 15 heavy (non-hydrogen) atoms. The Bertz CT molecular complexity index is 365. The molecule has 0 saturated carbocycles. The fourth-order valence-electron chi connectivity index (χ4n) is 0.967. The molecule has 0 aliphatic heterocycles. The maximum atomic E-state index is 11.4. The van der Waals surface area contributed by atoms with Crippen LogP contribution in [0.4, 0.5) is 11.8 Å². The number of nitrogens with zero attached hydrogens (tertiary/aromatic N) is 3. The van der Waals surface area contributed by atoms with Gasteiger partial charge in [0, 0.05) is 20.3 Å². The van der Waals surface area contributed by atoms with Crippen molar-refractivity contribution in [1.82, 2.24) is 9.97 Å². The van der Waals surface area contributed by atoms with Gasteiger partial charge in [0.1, 0.15) is 11.4 Å². The average Bonchev–Trinajstić information content (AvgIpc) is 2.17. The number of esters is 1. The Morgan fingerprint density at radius 3 is 2.73 bits per heavy atom. The number of carbonyl (C=O) groups excluding carboxylic acids is 1. The lowest BCUT2D eigenvalue weighted by atomic mass is 10.3. The minimum absolute atomic E-state index is 0.132. The second kappa shape index (κ2) is 4.59. The lowest BCUT2D eigenvalue weighted by Gasteiger charge is -2.11. The average molecular weight is 210 g/mol. The van der Waals surface area contributed by atoms with Gasteiger partial charge in [-0.2, -0.15) is 4.98 Å². The monoisotopic (exact) mass is 210 g/mol. The van der Waals surface area contributed by atoms with Crippen molar-refractivity contribution >= 4 is 17.7 Å². The minimum Gasteiger partial charge on any atom is -0.462 e.